The Morgan fingerprint density at radius 1 is 1.31 bits per heavy atom. The molecule has 76 valence electrons. The van der Waals surface area contributed by atoms with E-state index in [4.69, 9.17) is 4.74 Å². The topological polar surface area (TPSA) is 15.7 Å². The third-order valence-corrected chi connectivity index (χ3v) is 3.28. The first-order chi connectivity index (χ1) is 6.40. The summed E-state index contributed by atoms with van der Waals surface area (Å²) in [5.74, 6) is 0. The molecule has 0 N–H and O–H groups in total. The fourth-order valence-electron chi connectivity index (χ4n) is 2.48. The molecule has 2 saturated heterocycles. The number of piperazine rings is 1. The van der Waals surface area contributed by atoms with Gasteiger partial charge in [-0.1, -0.05) is 0 Å². The maximum Gasteiger partial charge on any atom is 0.0589 e. The molecule has 3 heteroatoms. The molecular weight excluding hydrogens is 164 g/mol. The van der Waals surface area contributed by atoms with E-state index in [0.29, 0.717) is 0 Å². The van der Waals surface area contributed by atoms with E-state index in [2.05, 4.69) is 9.80 Å². The van der Waals surface area contributed by atoms with Gasteiger partial charge < -0.3 is 4.74 Å². The zero-order chi connectivity index (χ0) is 9.10. The van der Waals surface area contributed by atoms with Crippen molar-refractivity contribution < 1.29 is 4.74 Å². The Balaban J connectivity index is 1.76. The van der Waals surface area contributed by atoms with E-state index in [1.807, 2.05) is 0 Å². The second kappa shape index (κ2) is 4.40. The molecule has 2 rings (SSSR count). The summed E-state index contributed by atoms with van der Waals surface area (Å²) in [5.41, 5.74) is 0. The van der Waals surface area contributed by atoms with Gasteiger partial charge in [0.1, 0.15) is 0 Å². The smallest absolute Gasteiger partial charge is 0.0589 e. The molecule has 2 fully saturated rings. The van der Waals surface area contributed by atoms with Crippen molar-refractivity contribution in [3.05, 3.63) is 0 Å². The lowest BCUT2D eigenvalue weighted by Crippen LogP contribution is -2.50. The summed E-state index contributed by atoms with van der Waals surface area (Å²) < 4.78 is 5.10. The minimum Gasteiger partial charge on any atom is -0.383 e. The summed E-state index contributed by atoms with van der Waals surface area (Å²) >= 11 is 0. The zero-order valence-corrected chi connectivity index (χ0v) is 8.54. The largest absolute Gasteiger partial charge is 0.383 e. The minimum absolute atomic E-state index is 0.852. The van der Waals surface area contributed by atoms with E-state index in [0.717, 1.165) is 19.2 Å². The third kappa shape index (κ3) is 2.22. The fraction of sp³-hybridized carbons (Fsp3) is 1.00. The van der Waals surface area contributed by atoms with Crippen molar-refractivity contribution in [3.8, 4) is 0 Å². The molecule has 0 aromatic heterocycles. The second-order valence-electron chi connectivity index (χ2n) is 4.13. The molecule has 1 unspecified atom stereocenters. The summed E-state index contributed by atoms with van der Waals surface area (Å²) in [4.78, 5) is 5.18. The molecule has 2 aliphatic heterocycles. The molecule has 0 aliphatic carbocycles. The van der Waals surface area contributed by atoms with E-state index in [9.17, 15) is 0 Å². The quantitative estimate of drug-likeness (QED) is 0.632. The Morgan fingerprint density at radius 3 is 3.08 bits per heavy atom. The van der Waals surface area contributed by atoms with Crippen molar-refractivity contribution >= 4 is 0 Å². The number of fused-ring (bicyclic) bond motifs is 1. The van der Waals surface area contributed by atoms with Gasteiger partial charge in [-0.2, -0.15) is 0 Å². The Morgan fingerprint density at radius 2 is 2.23 bits per heavy atom. The van der Waals surface area contributed by atoms with Crippen LogP contribution < -0.4 is 0 Å². The van der Waals surface area contributed by atoms with Gasteiger partial charge in [-0.25, -0.2) is 0 Å². The predicted molar refractivity (Wildman–Crippen MR) is 52.9 cm³/mol. The fourth-order valence-corrected chi connectivity index (χ4v) is 2.48. The molecule has 0 amide bonds. The molecule has 2 aliphatic rings. The predicted octanol–water partition coefficient (Wildman–Crippen LogP) is 0.413. The van der Waals surface area contributed by atoms with Gasteiger partial charge in [0.15, 0.2) is 0 Å². The number of hydrogen-bond donors (Lipinski definition) is 0. The molecule has 0 aromatic carbocycles. The van der Waals surface area contributed by atoms with Gasteiger partial charge in [-0.15, -0.1) is 0 Å². The van der Waals surface area contributed by atoms with E-state index >= 15 is 0 Å². The number of methoxy groups -OCH3 is 1. The molecule has 0 radical (unpaired) electrons. The van der Waals surface area contributed by atoms with Crippen molar-refractivity contribution in [3.63, 3.8) is 0 Å². The van der Waals surface area contributed by atoms with Crippen LogP contribution in [0.5, 0.6) is 0 Å². The lowest BCUT2D eigenvalue weighted by Gasteiger charge is -2.37. The van der Waals surface area contributed by atoms with Crippen molar-refractivity contribution in [2.45, 2.75) is 18.9 Å². The Hall–Kier alpha value is -0.120. The molecule has 0 bridgehead atoms. The number of hydrogen-bond acceptors (Lipinski definition) is 3. The van der Waals surface area contributed by atoms with Gasteiger partial charge in [-0.05, 0) is 19.4 Å². The summed E-state index contributed by atoms with van der Waals surface area (Å²) in [5, 5.41) is 0. The maximum atomic E-state index is 5.10. The number of nitrogens with zero attached hydrogens (tertiary/aromatic N) is 2. The lowest BCUT2D eigenvalue weighted by atomic mass is 10.1. The molecule has 0 saturated carbocycles. The second-order valence-corrected chi connectivity index (χ2v) is 4.13. The normalized spacial score (nSPS) is 30.7. The minimum atomic E-state index is 0.852. The van der Waals surface area contributed by atoms with Gasteiger partial charge in [0.05, 0.1) is 6.61 Å². The van der Waals surface area contributed by atoms with E-state index in [1.54, 1.807) is 7.11 Å². The molecule has 3 nitrogen and oxygen atoms in total. The Kier molecular flexibility index (Phi) is 3.19. The number of rotatable bonds is 3. The van der Waals surface area contributed by atoms with E-state index < -0.39 is 0 Å². The van der Waals surface area contributed by atoms with Gasteiger partial charge in [0, 0.05) is 39.3 Å². The van der Waals surface area contributed by atoms with Gasteiger partial charge in [0.25, 0.3) is 0 Å². The highest BCUT2D eigenvalue weighted by Crippen LogP contribution is 2.20. The van der Waals surface area contributed by atoms with Crippen LogP contribution in [0.4, 0.5) is 0 Å². The highest BCUT2D eigenvalue weighted by molar-refractivity contribution is 4.86. The van der Waals surface area contributed by atoms with Crippen LogP contribution in [0.2, 0.25) is 0 Å². The summed E-state index contributed by atoms with van der Waals surface area (Å²) in [7, 11) is 1.78. The maximum absolute atomic E-state index is 5.10. The van der Waals surface area contributed by atoms with Crippen LogP contribution in [0.15, 0.2) is 0 Å². The Bertz CT molecular complexity index is 163. The SMILES string of the molecule is COCCN1CCN2CCCC2C1. The summed E-state index contributed by atoms with van der Waals surface area (Å²) in [6.45, 7) is 7.11. The molecule has 0 aromatic rings. The van der Waals surface area contributed by atoms with Crippen molar-refractivity contribution in [1.82, 2.24) is 9.80 Å². The van der Waals surface area contributed by atoms with Gasteiger partial charge in [0.2, 0.25) is 0 Å². The van der Waals surface area contributed by atoms with Gasteiger partial charge in [-0.3, -0.25) is 9.80 Å². The third-order valence-electron chi connectivity index (χ3n) is 3.28. The van der Waals surface area contributed by atoms with Crippen LogP contribution >= 0.6 is 0 Å². The van der Waals surface area contributed by atoms with E-state index in [1.165, 1.54) is 39.0 Å². The number of ether oxygens (including phenoxy) is 1. The molecule has 0 spiro atoms. The van der Waals surface area contributed by atoms with Crippen LogP contribution in [0.3, 0.4) is 0 Å². The van der Waals surface area contributed by atoms with Crippen LogP contribution in [0.25, 0.3) is 0 Å². The highest BCUT2D eigenvalue weighted by atomic mass is 16.5. The first-order valence-electron chi connectivity index (χ1n) is 5.35. The summed E-state index contributed by atoms with van der Waals surface area (Å²) in [6, 6.07) is 0.852. The average Bonchev–Trinajstić information content (AvgIpc) is 2.61. The standard InChI is InChI=1S/C10H20N2O/c1-13-8-7-11-5-6-12-4-2-3-10(12)9-11/h10H,2-9H2,1H3. The van der Waals surface area contributed by atoms with Crippen LogP contribution in [-0.4, -0.2) is 62.3 Å². The Labute approximate surface area is 80.6 Å². The summed E-state index contributed by atoms with van der Waals surface area (Å²) in [6.07, 6.45) is 2.81. The highest BCUT2D eigenvalue weighted by Gasteiger charge is 2.29. The van der Waals surface area contributed by atoms with Crippen molar-refractivity contribution in [1.29, 1.82) is 0 Å². The molecule has 1 atom stereocenters. The van der Waals surface area contributed by atoms with Crippen LogP contribution in [0.1, 0.15) is 12.8 Å². The van der Waals surface area contributed by atoms with Crippen LogP contribution in [0, 0.1) is 0 Å². The molecule has 13 heavy (non-hydrogen) atoms. The van der Waals surface area contributed by atoms with Crippen molar-refractivity contribution in [2.75, 3.05) is 46.4 Å². The van der Waals surface area contributed by atoms with E-state index in [-0.39, 0.29) is 0 Å². The molecule has 2 heterocycles. The first-order valence-corrected chi connectivity index (χ1v) is 5.35. The first kappa shape index (κ1) is 9.44. The van der Waals surface area contributed by atoms with Crippen molar-refractivity contribution in [2.24, 2.45) is 0 Å². The van der Waals surface area contributed by atoms with Crippen LogP contribution in [-0.2, 0) is 4.74 Å². The lowest BCUT2D eigenvalue weighted by molar-refractivity contribution is 0.0777. The van der Waals surface area contributed by atoms with Gasteiger partial charge >= 0.3 is 0 Å². The monoisotopic (exact) mass is 184 g/mol. The molecular formula is C10H20N2O. The zero-order valence-electron chi connectivity index (χ0n) is 8.54. The average molecular weight is 184 g/mol.